The van der Waals surface area contributed by atoms with Gasteiger partial charge in [-0.05, 0) is 12.1 Å². The maximum absolute atomic E-state index is 12.3. The first-order valence-electron chi connectivity index (χ1n) is 6.06. The maximum atomic E-state index is 12.3. The van der Waals surface area contributed by atoms with Gasteiger partial charge in [0.05, 0.1) is 6.61 Å². The van der Waals surface area contributed by atoms with E-state index in [4.69, 9.17) is 16.3 Å². The van der Waals surface area contributed by atoms with Crippen molar-refractivity contribution in [2.24, 2.45) is 0 Å². The second-order valence-corrected chi connectivity index (χ2v) is 4.74. The molecule has 0 fully saturated rings. The molecule has 7 heteroatoms. The van der Waals surface area contributed by atoms with Crippen molar-refractivity contribution >= 4 is 23.4 Å². The molecule has 0 aliphatic heterocycles. The van der Waals surface area contributed by atoms with E-state index in [1.54, 1.807) is 32.3 Å². The van der Waals surface area contributed by atoms with Gasteiger partial charge in [0.25, 0.3) is 5.91 Å². The highest BCUT2D eigenvalue weighted by Gasteiger charge is 2.20. The molecular formula is C13H18ClN3O3. The maximum Gasteiger partial charge on any atom is 0.273 e. The van der Waals surface area contributed by atoms with E-state index in [-0.39, 0.29) is 29.2 Å². The van der Waals surface area contributed by atoms with Gasteiger partial charge in [0.1, 0.15) is 17.4 Å². The van der Waals surface area contributed by atoms with Crippen LogP contribution < -0.4 is 0 Å². The van der Waals surface area contributed by atoms with Crippen molar-refractivity contribution in [2.45, 2.75) is 0 Å². The van der Waals surface area contributed by atoms with E-state index < -0.39 is 0 Å². The first-order valence-corrected chi connectivity index (χ1v) is 6.44. The molecular weight excluding hydrogens is 282 g/mol. The minimum absolute atomic E-state index is 0.0244. The van der Waals surface area contributed by atoms with Crippen LogP contribution in [0.1, 0.15) is 10.5 Å². The highest BCUT2D eigenvalue weighted by molar-refractivity contribution is 6.29. The van der Waals surface area contributed by atoms with Crippen LogP contribution in [0.25, 0.3) is 0 Å². The fourth-order valence-electron chi connectivity index (χ4n) is 1.45. The Morgan fingerprint density at radius 2 is 2.05 bits per heavy atom. The summed E-state index contributed by atoms with van der Waals surface area (Å²) in [4.78, 5) is 30.9. The third kappa shape index (κ3) is 4.79. The van der Waals surface area contributed by atoms with Gasteiger partial charge < -0.3 is 14.5 Å². The number of hydrogen-bond acceptors (Lipinski definition) is 4. The standard InChI is InChI=1S/C13H18ClN3O3/c1-16(2)12(18)9-17(7-8-20-3)13(19)10-5-4-6-11(14)15-10/h4-6H,7-9H2,1-3H3. The van der Waals surface area contributed by atoms with E-state index in [1.807, 2.05) is 0 Å². The number of methoxy groups -OCH3 is 1. The zero-order valence-corrected chi connectivity index (χ0v) is 12.6. The molecule has 0 aromatic carbocycles. The molecule has 0 N–H and O–H groups in total. The number of amides is 2. The molecule has 1 aromatic rings. The minimum Gasteiger partial charge on any atom is -0.383 e. The van der Waals surface area contributed by atoms with Crippen LogP contribution in [0.2, 0.25) is 5.15 Å². The van der Waals surface area contributed by atoms with Crippen molar-refractivity contribution in [3.63, 3.8) is 0 Å². The molecule has 0 spiro atoms. The molecule has 2 amide bonds. The van der Waals surface area contributed by atoms with Gasteiger partial charge in [0.15, 0.2) is 0 Å². The lowest BCUT2D eigenvalue weighted by molar-refractivity contribution is -0.129. The molecule has 1 rings (SSSR count). The lowest BCUT2D eigenvalue weighted by atomic mass is 10.3. The highest BCUT2D eigenvalue weighted by atomic mass is 35.5. The summed E-state index contributed by atoms with van der Waals surface area (Å²) in [5, 5.41) is 0.237. The van der Waals surface area contributed by atoms with Gasteiger partial charge >= 0.3 is 0 Å². The number of ether oxygens (including phenoxy) is 1. The number of carbonyl (C=O) groups is 2. The number of hydrogen-bond donors (Lipinski definition) is 0. The van der Waals surface area contributed by atoms with Crippen molar-refractivity contribution in [3.8, 4) is 0 Å². The van der Waals surface area contributed by atoms with E-state index in [0.29, 0.717) is 13.2 Å². The molecule has 0 aliphatic rings. The molecule has 0 radical (unpaired) electrons. The third-order valence-corrected chi connectivity index (χ3v) is 2.82. The Morgan fingerprint density at radius 1 is 1.35 bits per heavy atom. The summed E-state index contributed by atoms with van der Waals surface area (Å²) < 4.78 is 4.96. The fourth-order valence-corrected chi connectivity index (χ4v) is 1.61. The number of rotatable bonds is 6. The lowest BCUT2D eigenvalue weighted by Gasteiger charge is -2.23. The average Bonchev–Trinajstić information content (AvgIpc) is 2.42. The number of aromatic nitrogens is 1. The van der Waals surface area contributed by atoms with Gasteiger partial charge in [-0.1, -0.05) is 17.7 Å². The Balaban J connectivity index is 2.86. The molecule has 0 aliphatic carbocycles. The fraction of sp³-hybridized carbons (Fsp3) is 0.462. The molecule has 20 heavy (non-hydrogen) atoms. The van der Waals surface area contributed by atoms with E-state index in [1.165, 1.54) is 16.9 Å². The van der Waals surface area contributed by atoms with Gasteiger partial charge in [-0.2, -0.15) is 0 Å². The summed E-state index contributed by atoms with van der Waals surface area (Å²) in [5.41, 5.74) is 0.208. The monoisotopic (exact) mass is 299 g/mol. The molecule has 6 nitrogen and oxygen atoms in total. The van der Waals surface area contributed by atoms with E-state index in [0.717, 1.165) is 0 Å². The summed E-state index contributed by atoms with van der Waals surface area (Å²) in [5.74, 6) is -0.517. The average molecular weight is 300 g/mol. The number of pyridine rings is 1. The van der Waals surface area contributed by atoms with Gasteiger partial charge in [-0.15, -0.1) is 0 Å². The van der Waals surface area contributed by atoms with Crippen molar-refractivity contribution in [3.05, 3.63) is 29.0 Å². The second kappa shape index (κ2) is 7.81. The number of likely N-dealkylation sites (N-methyl/N-ethyl adjacent to an activating group) is 1. The van der Waals surface area contributed by atoms with Crippen molar-refractivity contribution in [2.75, 3.05) is 40.9 Å². The first kappa shape index (κ1) is 16.4. The van der Waals surface area contributed by atoms with Crippen molar-refractivity contribution in [1.82, 2.24) is 14.8 Å². The predicted octanol–water partition coefficient (Wildman–Crippen LogP) is 0.912. The van der Waals surface area contributed by atoms with Crippen molar-refractivity contribution in [1.29, 1.82) is 0 Å². The lowest BCUT2D eigenvalue weighted by Crippen LogP contribution is -2.42. The topological polar surface area (TPSA) is 62.7 Å². The summed E-state index contributed by atoms with van der Waals surface area (Å²) in [6.45, 7) is 0.625. The largest absolute Gasteiger partial charge is 0.383 e. The molecule has 110 valence electrons. The molecule has 0 bridgehead atoms. The Bertz CT molecular complexity index is 480. The molecule has 0 atom stereocenters. The van der Waals surface area contributed by atoms with Crippen molar-refractivity contribution < 1.29 is 14.3 Å². The Hall–Kier alpha value is -1.66. The van der Waals surface area contributed by atoms with Crippen LogP contribution in [0.5, 0.6) is 0 Å². The second-order valence-electron chi connectivity index (χ2n) is 4.35. The van der Waals surface area contributed by atoms with Crippen LogP contribution in [0.3, 0.4) is 0 Å². The predicted molar refractivity (Wildman–Crippen MR) is 75.7 cm³/mol. The Morgan fingerprint density at radius 3 is 2.60 bits per heavy atom. The SMILES string of the molecule is COCCN(CC(=O)N(C)C)C(=O)c1cccc(Cl)n1. The summed E-state index contributed by atoms with van der Waals surface area (Å²) in [7, 11) is 4.81. The Kier molecular flexibility index (Phi) is 6.41. The van der Waals surface area contributed by atoms with Crippen LogP contribution in [0.4, 0.5) is 0 Å². The van der Waals surface area contributed by atoms with Crippen LogP contribution >= 0.6 is 11.6 Å². The number of halogens is 1. The van der Waals surface area contributed by atoms with Gasteiger partial charge in [0, 0.05) is 27.7 Å². The third-order valence-electron chi connectivity index (χ3n) is 2.61. The molecule has 0 saturated carbocycles. The van der Waals surface area contributed by atoms with E-state index in [9.17, 15) is 9.59 Å². The molecule has 1 heterocycles. The van der Waals surface area contributed by atoms with Gasteiger partial charge in [0.2, 0.25) is 5.91 Å². The van der Waals surface area contributed by atoms with Crippen LogP contribution in [0, 0.1) is 0 Å². The highest BCUT2D eigenvalue weighted by Crippen LogP contribution is 2.08. The van der Waals surface area contributed by atoms with E-state index in [2.05, 4.69) is 4.98 Å². The number of nitrogens with zero attached hydrogens (tertiary/aromatic N) is 3. The zero-order chi connectivity index (χ0) is 15.1. The number of carbonyl (C=O) groups excluding carboxylic acids is 2. The zero-order valence-electron chi connectivity index (χ0n) is 11.8. The summed E-state index contributed by atoms with van der Waals surface area (Å²) in [6, 6.07) is 4.79. The smallest absolute Gasteiger partial charge is 0.273 e. The van der Waals surface area contributed by atoms with Crippen LogP contribution in [-0.2, 0) is 9.53 Å². The van der Waals surface area contributed by atoms with E-state index >= 15 is 0 Å². The molecule has 1 aromatic heterocycles. The first-order chi connectivity index (χ1) is 9.45. The van der Waals surface area contributed by atoms with Crippen LogP contribution in [-0.4, -0.2) is 67.5 Å². The summed E-state index contributed by atoms with van der Waals surface area (Å²) >= 11 is 5.77. The van der Waals surface area contributed by atoms with Crippen LogP contribution in [0.15, 0.2) is 18.2 Å². The summed E-state index contributed by atoms with van der Waals surface area (Å²) in [6.07, 6.45) is 0. The Labute approximate surface area is 123 Å². The molecule has 0 saturated heterocycles. The normalized spacial score (nSPS) is 10.2. The van der Waals surface area contributed by atoms with Gasteiger partial charge in [-0.3, -0.25) is 9.59 Å². The van der Waals surface area contributed by atoms with Gasteiger partial charge in [-0.25, -0.2) is 4.98 Å². The quantitative estimate of drug-likeness (QED) is 0.733. The minimum atomic E-state index is -0.347. The molecule has 0 unspecified atom stereocenters.